The number of nitrogens with one attached hydrogen (secondary N) is 2. The summed E-state index contributed by atoms with van der Waals surface area (Å²) in [6, 6.07) is 0. The zero-order valence-corrected chi connectivity index (χ0v) is 14.7. The molecule has 5 rings (SSSR count). The summed E-state index contributed by atoms with van der Waals surface area (Å²) < 4.78 is 16.9. The molecule has 0 aliphatic carbocycles. The summed E-state index contributed by atoms with van der Waals surface area (Å²) in [5, 5.41) is 10.3. The van der Waals surface area contributed by atoms with Gasteiger partial charge in [-0.05, 0) is 19.4 Å². The molecule has 3 aliphatic heterocycles. The van der Waals surface area contributed by atoms with Gasteiger partial charge < -0.3 is 15.5 Å². The molecular weight excluding hydrogens is 335 g/mol. The number of hydrogen-bond acceptors (Lipinski definition) is 5. The predicted molar refractivity (Wildman–Crippen MR) is 94.3 cm³/mol. The van der Waals surface area contributed by atoms with Gasteiger partial charge in [0.25, 0.3) is 5.91 Å². The van der Waals surface area contributed by atoms with E-state index in [2.05, 4.69) is 20.7 Å². The summed E-state index contributed by atoms with van der Waals surface area (Å²) in [5.41, 5.74) is 2.24. The van der Waals surface area contributed by atoms with Gasteiger partial charge in [-0.15, -0.1) is 0 Å². The van der Waals surface area contributed by atoms with Gasteiger partial charge in [-0.2, -0.15) is 5.10 Å². The lowest BCUT2D eigenvalue weighted by Crippen LogP contribution is -2.30. The molecule has 8 heteroatoms. The van der Waals surface area contributed by atoms with Crippen molar-refractivity contribution in [1.82, 2.24) is 25.4 Å². The molecule has 26 heavy (non-hydrogen) atoms. The molecule has 0 radical (unpaired) electrons. The molecule has 2 aromatic heterocycles. The van der Waals surface area contributed by atoms with E-state index in [1.165, 1.54) is 0 Å². The van der Waals surface area contributed by atoms with Crippen LogP contribution in [0.1, 0.15) is 28.8 Å². The van der Waals surface area contributed by atoms with Gasteiger partial charge >= 0.3 is 0 Å². The minimum atomic E-state index is -0.367. The van der Waals surface area contributed by atoms with Gasteiger partial charge in [0.2, 0.25) is 0 Å². The quantitative estimate of drug-likeness (QED) is 0.842. The number of anilines is 1. The average Bonchev–Trinajstić information content (AvgIpc) is 3.40. The minimum Gasteiger partial charge on any atom is -0.354 e. The van der Waals surface area contributed by atoms with E-state index in [0.717, 1.165) is 44.6 Å². The van der Waals surface area contributed by atoms with Crippen LogP contribution in [0, 0.1) is 11.2 Å². The second-order valence-corrected chi connectivity index (χ2v) is 7.64. The molecule has 0 aromatic carbocycles. The maximum atomic E-state index is 15.2. The highest BCUT2D eigenvalue weighted by molar-refractivity contribution is 6.04. The van der Waals surface area contributed by atoms with Gasteiger partial charge in [0.05, 0.1) is 17.5 Å². The Labute approximate surface area is 150 Å². The summed E-state index contributed by atoms with van der Waals surface area (Å²) in [5.74, 6) is -0.272. The van der Waals surface area contributed by atoms with Crippen LogP contribution in [0.3, 0.4) is 0 Å². The lowest BCUT2D eigenvalue weighted by atomic mass is 9.87. The second kappa shape index (κ2) is 5.51. The average molecular weight is 356 g/mol. The van der Waals surface area contributed by atoms with Crippen LogP contribution >= 0.6 is 0 Å². The number of carbonyl (C=O) groups is 1. The van der Waals surface area contributed by atoms with E-state index in [9.17, 15) is 4.79 Å². The van der Waals surface area contributed by atoms with Crippen molar-refractivity contribution in [1.29, 1.82) is 0 Å². The van der Waals surface area contributed by atoms with Crippen LogP contribution in [0.5, 0.6) is 0 Å². The van der Waals surface area contributed by atoms with E-state index >= 15 is 4.39 Å². The molecule has 136 valence electrons. The Bertz CT molecular complexity index is 901. The molecule has 0 saturated carbocycles. The van der Waals surface area contributed by atoms with Crippen molar-refractivity contribution in [3.63, 3.8) is 0 Å². The lowest BCUT2D eigenvalue weighted by Gasteiger charge is -2.24. The molecule has 2 saturated heterocycles. The van der Waals surface area contributed by atoms with Crippen LogP contribution in [0.25, 0.3) is 11.3 Å². The standard InChI is InChI=1S/C18H21FN6O/c1-24-8-11(6-22-24)15-13-12(7-21-17(13)26)14(19)16(23-15)25-5-3-18(10-25)2-4-20-9-18/h6,8,20H,2-5,7,9-10H2,1H3,(H,21,26). The molecule has 2 fully saturated rings. The smallest absolute Gasteiger partial charge is 0.254 e. The van der Waals surface area contributed by atoms with Crippen LogP contribution in [-0.4, -0.2) is 46.9 Å². The molecule has 1 atom stereocenters. The third-order valence-electron chi connectivity index (χ3n) is 5.92. The third-order valence-corrected chi connectivity index (χ3v) is 5.92. The van der Waals surface area contributed by atoms with E-state index in [1.54, 1.807) is 10.9 Å². The second-order valence-electron chi connectivity index (χ2n) is 7.64. The van der Waals surface area contributed by atoms with Crippen LogP contribution in [0.4, 0.5) is 10.2 Å². The molecular formula is C18H21FN6O. The van der Waals surface area contributed by atoms with Crippen LogP contribution in [0.2, 0.25) is 0 Å². The molecule has 2 aromatic rings. The topological polar surface area (TPSA) is 75.1 Å². The number of aryl methyl sites for hydroxylation is 1. The van der Waals surface area contributed by atoms with E-state index in [4.69, 9.17) is 0 Å². The maximum Gasteiger partial charge on any atom is 0.254 e. The Kier molecular flexibility index (Phi) is 3.34. The van der Waals surface area contributed by atoms with Gasteiger partial charge in [0.15, 0.2) is 11.6 Å². The minimum absolute atomic E-state index is 0.212. The Hall–Kier alpha value is -2.48. The molecule has 5 heterocycles. The number of aromatic nitrogens is 3. The number of nitrogens with zero attached hydrogens (tertiary/aromatic N) is 4. The van der Waals surface area contributed by atoms with Crippen molar-refractivity contribution in [3.05, 3.63) is 29.3 Å². The summed E-state index contributed by atoms with van der Waals surface area (Å²) in [4.78, 5) is 19.0. The number of pyridine rings is 1. The van der Waals surface area contributed by atoms with E-state index < -0.39 is 0 Å². The molecule has 1 amide bonds. The van der Waals surface area contributed by atoms with Gasteiger partial charge in [-0.1, -0.05) is 0 Å². The van der Waals surface area contributed by atoms with Crippen molar-refractivity contribution in [2.24, 2.45) is 12.5 Å². The van der Waals surface area contributed by atoms with Crippen LogP contribution in [0.15, 0.2) is 12.4 Å². The van der Waals surface area contributed by atoms with Crippen molar-refractivity contribution in [2.75, 3.05) is 31.1 Å². The number of hydrogen-bond donors (Lipinski definition) is 2. The van der Waals surface area contributed by atoms with Crippen LogP contribution in [-0.2, 0) is 13.6 Å². The zero-order chi connectivity index (χ0) is 17.9. The largest absolute Gasteiger partial charge is 0.354 e. The number of rotatable bonds is 2. The van der Waals surface area contributed by atoms with Crippen LogP contribution < -0.4 is 15.5 Å². The first-order valence-electron chi connectivity index (χ1n) is 9.02. The maximum absolute atomic E-state index is 15.2. The van der Waals surface area contributed by atoms with Gasteiger partial charge in [-0.3, -0.25) is 9.48 Å². The third kappa shape index (κ3) is 2.25. The first-order chi connectivity index (χ1) is 12.6. The van der Waals surface area contributed by atoms with Crippen molar-refractivity contribution < 1.29 is 9.18 Å². The van der Waals surface area contributed by atoms with Crippen molar-refractivity contribution >= 4 is 11.7 Å². The Morgan fingerprint density at radius 3 is 2.96 bits per heavy atom. The first kappa shape index (κ1) is 15.7. The number of carbonyl (C=O) groups excluding carboxylic acids is 1. The van der Waals surface area contributed by atoms with Crippen molar-refractivity contribution in [3.8, 4) is 11.3 Å². The number of halogens is 1. The highest BCUT2D eigenvalue weighted by Gasteiger charge is 2.42. The Morgan fingerprint density at radius 1 is 1.35 bits per heavy atom. The van der Waals surface area contributed by atoms with E-state index in [1.807, 2.05) is 18.1 Å². The fourth-order valence-electron chi connectivity index (χ4n) is 4.49. The fourth-order valence-corrected chi connectivity index (χ4v) is 4.49. The highest BCUT2D eigenvalue weighted by atomic mass is 19.1. The summed E-state index contributed by atoms with van der Waals surface area (Å²) in [6.07, 6.45) is 5.63. The first-order valence-corrected chi connectivity index (χ1v) is 9.02. The molecule has 2 N–H and O–H groups in total. The van der Waals surface area contributed by atoms with Gasteiger partial charge in [-0.25, -0.2) is 9.37 Å². The fraction of sp³-hybridized carbons (Fsp3) is 0.500. The Morgan fingerprint density at radius 2 is 2.23 bits per heavy atom. The monoisotopic (exact) mass is 356 g/mol. The predicted octanol–water partition coefficient (Wildman–Crippen LogP) is 1.05. The molecule has 3 aliphatic rings. The highest BCUT2D eigenvalue weighted by Crippen LogP contribution is 2.40. The normalized spacial score (nSPS) is 24.5. The molecule has 1 unspecified atom stereocenters. The molecule has 1 spiro atoms. The van der Waals surface area contributed by atoms with E-state index in [0.29, 0.717) is 22.6 Å². The molecule has 7 nitrogen and oxygen atoms in total. The van der Waals surface area contributed by atoms with E-state index in [-0.39, 0.29) is 23.7 Å². The van der Waals surface area contributed by atoms with Gasteiger partial charge in [0, 0.05) is 56.0 Å². The zero-order valence-electron chi connectivity index (χ0n) is 14.7. The van der Waals surface area contributed by atoms with Crippen molar-refractivity contribution in [2.45, 2.75) is 19.4 Å². The SMILES string of the molecule is Cn1cc(-c2nc(N3CCC4(CCNC4)C3)c(F)c3c2C(=O)NC3)cn1. The lowest BCUT2D eigenvalue weighted by molar-refractivity contribution is 0.0966. The summed E-state index contributed by atoms with van der Waals surface area (Å²) in [6.45, 7) is 3.80. The number of amides is 1. The molecule has 0 bridgehead atoms. The summed E-state index contributed by atoms with van der Waals surface area (Å²) in [7, 11) is 1.81. The number of fused-ring (bicyclic) bond motifs is 1. The van der Waals surface area contributed by atoms with Gasteiger partial charge in [0.1, 0.15) is 0 Å². The summed E-state index contributed by atoms with van der Waals surface area (Å²) >= 11 is 0. The Balaban J connectivity index is 1.62.